The molecule has 0 saturated heterocycles. The first-order valence-electron chi connectivity index (χ1n) is 8.87. The number of amides is 2. The van der Waals surface area contributed by atoms with Crippen LogP contribution < -0.4 is 20.1 Å². The summed E-state index contributed by atoms with van der Waals surface area (Å²) in [5.41, 5.74) is 1.48. The van der Waals surface area contributed by atoms with Gasteiger partial charge in [-0.2, -0.15) is 0 Å². The molecular weight excluding hydrogens is 360 g/mol. The number of rotatable bonds is 9. The summed E-state index contributed by atoms with van der Waals surface area (Å²) < 4.78 is 10.8. The van der Waals surface area contributed by atoms with Crippen LogP contribution in [0, 0.1) is 0 Å². The SMILES string of the molecule is CCOc1cc(/C=C/C(=O)Nc2ccccc2C(=O)NCCO)ccc1OC. The Kier molecular flexibility index (Phi) is 8.05. The molecule has 0 unspecified atom stereocenters. The minimum atomic E-state index is -0.379. The van der Waals surface area contributed by atoms with Crippen molar-refractivity contribution in [1.29, 1.82) is 0 Å². The van der Waals surface area contributed by atoms with Crippen molar-refractivity contribution in [2.24, 2.45) is 0 Å². The van der Waals surface area contributed by atoms with Crippen molar-refractivity contribution >= 4 is 23.6 Å². The van der Waals surface area contributed by atoms with Crippen LogP contribution in [0.5, 0.6) is 11.5 Å². The second-order valence-corrected chi connectivity index (χ2v) is 5.69. The Morgan fingerprint density at radius 1 is 1.14 bits per heavy atom. The number of methoxy groups -OCH3 is 1. The van der Waals surface area contributed by atoms with Crippen LogP contribution in [-0.4, -0.2) is 43.8 Å². The van der Waals surface area contributed by atoms with E-state index in [9.17, 15) is 9.59 Å². The monoisotopic (exact) mass is 384 g/mol. The van der Waals surface area contributed by atoms with E-state index in [0.29, 0.717) is 29.4 Å². The number of nitrogens with one attached hydrogen (secondary N) is 2. The lowest BCUT2D eigenvalue weighted by molar-refractivity contribution is -0.111. The Hall–Kier alpha value is -3.32. The van der Waals surface area contributed by atoms with E-state index in [0.717, 1.165) is 5.56 Å². The third kappa shape index (κ3) is 5.85. The lowest BCUT2D eigenvalue weighted by Crippen LogP contribution is -2.27. The van der Waals surface area contributed by atoms with Crippen LogP contribution in [-0.2, 0) is 4.79 Å². The van der Waals surface area contributed by atoms with Gasteiger partial charge in [0.15, 0.2) is 11.5 Å². The molecule has 0 radical (unpaired) electrons. The zero-order valence-electron chi connectivity index (χ0n) is 15.9. The molecule has 3 N–H and O–H groups in total. The number of hydrogen-bond donors (Lipinski definition) is 3. The first kappa shape index (κ1) is 21.0. The van der Waals surface area contributed by atoms with E-state index in [-0.39, 0.29) is 25.0 Å². The summed E-state index contributed by atoms with van der Waals surface area (Å²) in [6.07, 6.45) is 3.02. The van der Waals surface area contributed by atoms with Crippen molar-refractivity contribution in [1.82, 2.24) is 5.32 Å². The molecule has 2 aromatic carbocycles. The summed E-state index contributed by atoms with van der Waals surface area (Å²) in [4.78, 5) is 24.4. The summed E-state index contributed by atoms with van der Waals surface area (Å²) >= 11 is 0. The molecule has 0 bridgehead atoms. The van der Waals surface area contributed by atoms with Gasteiger partial charge in [0.2, 0.25) is 5.91 Å². The van der Waals surface area contributed by atoms with Gasteiger partial charge in [0.05, 0.1) is 31.6 Å². The molecule has 0 aliphatic rings. The van der Waals surface area contributed by atoms with Gasteiger partial charge in [0, 0.05) is 12.6 Å². The highest BCUT2D eigenvalue weighted by molar-refractivity contribution is 6.07. The van der Waals surface area contributed by atoms with E-state index in [1.807, 2.05) is 6.92 Å². The van der Waals surface area contributed by atoms with Crippen molar-refractivity contribution in [2.75, 3.05) is 32.2 Å². The van der Waals surface area contributed by atoms with E-state index in [1.54, 1.807) is 55.7 Å². The number of anilines is 1. The first-order valence-corrected chi connectivity index (χ1v) is 8.87. The summed E-state index contributed by atoms with van der Waals surface area (Å²) in [5.74, 6) is 0.464. The topological polar surface area (TPSA) is 96.9 Å². The van der Waals surface area contributed by atoms with Crippen LogP contribution in [0.1, 0.15) is 22.8 Å². The molecule has 7 heteroatoms. The number of carbonyl (C=O) groups excluding carboxylic acids is 2. The predicted molar refractivity (Wildman–Crippen MR) is 108 cm³/mol. The highest BCUT2D eigenvalue weighted by Crippen LogP contribution is 2.28. The maximum atomic E-state index is 12.3. The van der Waals surface area contributed by atoms with Crippen molar-refractivity contribution in [3.63, 3.8) is 0 Å². The van der Waals surface area contributed by atoms with E-state index in [1.165, 1.54) is 6.08 Å². The average Bonchev–Trinajstić information content (AvgIpc) is 2.71. The highest BCUT2D eigenvalue weighted by Gasteiger charge is 2.11. The third-order valence-corrected chi connectivity index (χ3v) is 3.74. The van der Waals surface area contributed by atoms with Gasteiger partial charge in [-0.25, -0.2) is 0 Å². The van der Waals surface area contributed by atoms with Crippen LogP contribution >= 0.6 is 0 Å². The van der Waals surface area contributed by atoms with E-state index in [2.05, 4.69) is 10.6 Å². The zero-order valence-corrected chi connectivity index (χ0v) is 15.9. The largest absolute Gasteiger partial charge is 0.493 e. The number of para-hydroxylation sites is 1. The van der Waals surface area contributed by atoms with Crippen molar-refractivity contribution < 1.29 is 24.2 Å². The Bertz CT molecular complexity index is 848. The standard InChI is InChI=1S/C21H24N2O5/c1-3-28-19-14-15(8-10-18(19)27-2)9-11-20(25)23-17-7-5-4-6-16(17)21(26)22-12-13-24/h4-11,14,24H,3,12-13H2,1-2H3,(H,22,26)(H,23,25)/b11-9+. The van der Waals surface area contributed by atoms with Gasteiger partial charge in [0.1, 0.15) is 0 Å². The molecule has 2 aromatic rings. The van der Waals surface area contributed by atoms with Gasteiger partial charge in [-0.05, 0) is 42.8 Å². The van der Waals surface area contributed by atoms with E-state index >= 15 is 0 Å². The maximum Gasteiger partial charge on any atom is 0.253 e. The molecule has 2 amide bonds. The van der Waals surface area contributed by atoms with Crippen LogP contribution in [0.4, 0.5) is 5.69 Å². The number of aliphatic hydroxyl groups is 1. The molecule has 0 aliphatic carbocycles. The van der Waals surface area contributed by atoms with Crippen LogP contribution in [0.25, 0.3) is 6.08 Å². The molecule has 0 aromatic heterocycles. The minimum absolute atomic E-state index is 0.140. The molecule has 0 fully saturated rings. The lowest BCUT2D eigenvalue weighted by atomic mass is 10.1. The van der Waals surface area contributed by atoms with Gasteiger partial charge < -0.3 is 25.2 Å². The van der Waals surface area contributed by atoms with Gasteiger partial charge in [-0.3, -0.25) is 9.59 Å². The lowest BCUT2D eigenvalue weighted by Gasteiger charge is -2.10. The van der Waals surface area contributed by atoms with E-state index in [4.69, 9.17) is 14.6 Å². The van der Waals surface area contributed by atoms with E-state index < -0.39 is 0 Å². The first-order chi connectivity index (χ1) is 13.6. The molecule has 148 valence electrons. The number of ether oxygens (including phenoxy) is 2. The Labute approximate surface area is 164 Å². The third-order valence-electron chi connectivity index (χ3n) is 3.74. The molecule has 0 heterocycles. The van der Waals surface area contributed by atoms with Crippen LogP contribution in [0.3, 0.4) is 0 Å². The van der Waals surface area contributed by atoms with Gasteiger partial charge in [-0.1, -0.05) is 18.2 Å². The quantitative estimate of drug-likeness (QED) is 0.577. The number of carbonyl (C=O) groups is 2. The molecule has 0 saturated carbocycles. The predicted octanol–water partition coefficient (Wildman–Crippen LogP) is 2.47. The van der Waals surface area contributed by atoms with Crippen molar-refractivity contribution in [3.05, 3.63) is 59.7 Å². The number of benzene rings is 2. The molecule has 2 rings (SSSR count). The molecule has 0 atom stereocenters. The summed E-state index contributed by atoms with van der Waals surface area (Å²) in [5, 5.41) is 14.1. The smallest absolute Gasteiger partial charge is 0.253 e. The fraction of sp³-hybridized carbons (Fsp3) is 0.238. The summed E-state index contributed by atoms with van der Waals surface area (Å²) in [7, 11) is 1.56. The normalized spacial score (nSPS) is 10.5. The maximum absolute atomic E-state index is 12.3. The van der Waals surface area contributed by atoms with Gasteiger partial charge in [-0.15, -0.1) is 0 Å². The molecule has 28 heavy (non-hydrogen) atoms. The minimum Gasteiger partial charge on any atom is -0.493 e. The number of hydrogen-bond acceptors (Lipinski definition) is 5. The fourth-order valence-corrected chi connectivity index (χ4v) is 2.47. The Balaban J connectivity index is 2.10. The number of aliphatic hydroxyl groups excluding tert-OH is 1. The second kappa shape index (κ2) is 10.7. The molecular formula is C21H24N2O5. The van der Waals surface area contributed by atoms with Gasteiger partial charge in [0.25, 0.3) is 5.91 Å². The van der Waals surface area contributed by atoms with Gasteiger partial charge >= 0.3 is 0 Å². The Morgan fingerprint density at radius 2 is 1.93 bits per heavy atom. The highest BCUT2D eigenvalue weighted by atomic mass is 16.5. The molecule has 7 nitrogen and oxygen atoms in total. The van der Waals surface area contributed by atoms with Crippen molar-refractivity contribution in [2.45, 2.75) is 6.92 Å². The Morgan fingerprint density at radius 3 is 2.64 bits per heavy atom. The summed E-state index contributed by atoms with van der Waals surface area (Å²) in [6, 6.07) is 12.0. The average molecular weight is 384 g/mol. The fourth-order valence-electron chi connectivity index (χ4n) is 2.47. The zero-order chi connectivity index (χ0) is 20.4. The van der Waals surface area contributed by atoms with Crippen LogP contribution in [0.2, 0.25) is 0 Å². The van der Waals surface area contributed by atoms with Crippen molar-refractivity contribution in [3.8, 4) is 11.5 Å². The molecule has 0 aliphatic heterocycles. The summed E-state index contributed by atoms with van der Waals surface area (Å²) in [6.45, 7) is 2.36. The molecule has 0 spiro atoms. The van der Waals surface area contributed by atoms with Crippen LogP contribution in [0.15, 0.2) is 48.5 Å². The second-order valence-electron chi connectivity index (χ2n) is 5.69.